The third kappa shape index (κ3) is 3.60. The quantitative estimate of drug-likeness (QED) is 0.848. The van der Waals surface area contributed by atoms with Crippen LogP contribution in [0.4, 0.5) is 10.5 Å². The summed E-state index contributed by atoms with van der Waals surface area (Å²) in [7, 11) is 0. The summed E-state index contributed by atoms with van der Waals surface area (Å²) in [6.45, 7) is 1.67. The Balaban J connectivity index is 1.68. The molecule has 5 heteroatoms. The molecule has 0 unspecified atom stereocenters. The van der Waals surface area contributed by atoms with Gasteiger partial charge < -0.3 is 15.0 Å². The van der Waals surface area contributed by atoms with Crippen molar-refractivity contribution >= 4 is 27.6 Å². The molecule has 2 aromatic carbocycles. The van der Waals surface area contributed by atoms with Gasteiger partial charge >= 0.3 is 6.03 Å². The Morgan fingerprint density at radius 3 is 2.50 bits per heavy atom. The number of nitrogens with one attached hydrogen (secondary N) is 1. The predicted octanol–water partition coefficient (Wildman–Crippen LogP) is 4.87. The van der Waals surface area contributed by atoms with E-state index in [-0.39, 0.29) is 6.03 Å². The van der Waals surface area contributed by atoms with E-state index in [2.05, 4.69) is 21.2 Å². The SMILES string of the molecule is O=C(Nc1ccc(Oc2ccccc2)c(Br)c1)N1CCCC1. The molecule has 1 N–H and O–H groups in total. The standard InChI is InChI=1S/C17H17BrN2O2/c18-15-12-13(19-17(21)20-10-4-5-11-20)8-9-16(15)22-14-6-2-1-3-7-14/h1-3,6-9,12H,4-5,10-11H2,(H,19,21). The molecule has 0 aromatic heterocycles. The number of rotatable bonds is 3. The Morgan fingerprint density at radius 1 is 1.09 bits per heavy atom. The summed E-state index contributed by atoms with van der Waals surface area (Å²) < 4.78 is 6.60. The fourth-order valence-electron chi connectivity index (χ4n) is 2.40. The maximum Gasteiger partial charge on any atom is 0.321 e. The molecule has 3 rings (SSSR count). The van der Waals surface area contributed by atoms with Gasteiger partial charge in [0.15, 0.2) is 0 Å². The van der Waals surface area contributed by atoms with Crippen LogP contribution in [0.1, 0.15) is 12.8 Å². The second kappa shape index (κ2) is 6.83. The molecule has 2 amide bonds. The molecule has 114 valence electrons. The topological polar surface area (TPSA) is 41.6 Å². The number of hydrogen-bond donors (Lipinski definition) is 1. The first-order valence-corrected chi connectivity index (χ1v) is 8.10. The summed E-state index contributed by atoms with van der Waals surface area (Å²) in [5, 5.41) is 2.92. The van der Waals surface area contributed by atoms with Crippen LogP contribution < -0.4 is 10.1 Å². The number of benzene rings is 2. The smallest absolute Gasteiger partial charge is 0.321 e. The van der Waals surface area contributed by atoms with Gasteiger partial charge in [-0.15, -0.1) is 0 Å². The van der Waals surface area contributed by atoms with Crippen LogP contribution in [0, 0.1) is 0 Å². The largest absolute Gasteiger partial charge is 0.456 e. The third-order valence-electron chi connectivity index (χ3n) is 3.55. The van der Waals surface area contributed by atoms with E-state index in [4.69, 9.17) is 4.74 Å². The zero-order chi connectivity index (χ0) is 15.4. The Morgan fingerprint density at radius 2 is 1.82 bits per heavy atom. The van der Waals surface area contributed by atoms with Crippen molar-refractivity contribution in [1.29, 1.82) is 0 Å². The summed E-state index contributed by atoms with van der Waals surface area (Å²) in [4.78, 5) is 13.9. The van der Waals surface area contributed by atoms with Gasteiger partial charge in [-0.25, -0.2) is 4.79 Å². The van der Waals surface area contributed by atoms with Gasteiger partial charge in [0.25, 0.3) is 0 Å². The summed E-state index contributed by atoms with van der Waals surface area (Å²) in [5.74, 6) is 1.49. The lowest BCUT2D eigenvalue weighted by atomic mass is 10.3. The normalized spacial score (nSPS) is 14.0. The van der Waals surface area contributed by atoms with Gasteiger partial charge in [0.2, 0.25) is 0 Å². The number of carbonyl (C=O) groups is 1. The van der Waals surface area contributed by atoms with Crippen LogP contribution in [-0.4, -0.2) is 24.0 Å². The van der Waals surface area contributed by atoms with E-state index in [1.165, 1.54) is 0 Å². The van der Waals surface area contributed by atoms with Gasteiger partial charge in [0.05, 0.1) is 4.47 Å². The molecule has 1 aliphatic heterocycles. The van der Waals surface area contributed by atoms with Crippen molar-refractivity contribution in [2.24, 2.45) is 0 Å². The van der Waals surface area contributed by atoms with Crippen LogP contribution >= 0.6 is 15.9 Å². The number of urea groups is 1. The molecular weight excluding hydrogens is 344 g/mol. The zero-order valence-corrected chi connectivity index (χ0v) is 13.7. The first-order chi connectivity index (χ1) is 10.7. The molecule has 4 nitrogen and oxygen atoms in total. The van der Waals surface area contributed by atoms with Crippen LogP contribution in [0.3, 0.4) is 0 Å². The van der Waals surface area contributed by atoms with Crippen molar-refractivity contribution < 1.29 is 9.53 Å². The lowest BCUT2D eigenvalue weighted by Gasteiger charge is -2.16. The predicted molar refractivity (Wildman–Crippen MR) is 90.5 cm³/mol. The maximum atomic E-state index is 12.1. The van der Waals surface area contributed by atoms with Crippen molar-refractivity contribution in [3.05, 3.63) is 53.0 Å². The Bertz CT molecular complexity index is 655. The molecule has 1 fully saturated rings. The van der Waals surface area contributed by atoms with Crippen LogP contribution in [-0.2, 0) is 0 Å². The van der Waals surface area contributed by atoms with Crippen molar-refractivity contribution in [3.63, 3.8) is 0 Å². The fraction of sp³-hybridized carbons (Fsp3) is 0.235. The summed E-state index contributed by atoms with van der Waals surface area (Å²) in [6, 6.07) is 15.1. The second-order valence-corrected chi connectivity index (χ2v) is 6.04. The highest BCUT2D eigenvalue weighted by atomic mass is 79.9. The van der Waals surface area contributed by atoms with Crippen LogP contribution in [0.2, 0.25) is 0 Å². The highest BCUT2D eigenvalue weighted by Crippen LogP contribution is 2.32. The molecule has 0 saturated carbocycles. The molecular formula is C17H17BrN2O2. The van der Waals surface area contributed by atoms with Gasteiger partial charge in [0, 0.05) is 18.8 Å². The molecule has 0 atom stereocenters. The van der Waals surface area contributed by atoms with Crippen molar-refractivity contribution in [1.82, 2.24) is 4.90 Å². The number of carbonyl (C=O) groups excluding carboxylic acids is 1. The molecule has 1 saturated heterocycles. The van der Waals surface area contributed by atoms with E-state index in [9.17, 15) is 4.79 Å². The van der Waals surface area contributed by atoms with Crippen molar-refractivity contribution in [2.75, 3.05) is 18.4 Å². The van der Waals surface area contributed by atoms with Gasteiger partial charge in [-0.1, -0.05) is 18.2 Å². The molecule has 0 aliphatic carbocycles. The monoisotopic (exact) mass is 360 g/mol. The van der Waals surface area contributed by atoms with E-state index in [1.54, 1.807) is 0 Å². The highest BCUT2D eigenvalue weighted by Gasteiger charge is 2.18. The van der Waals surface area contributed by atoms with E-state index in [0.717, 1.165) is 41.8 Å². The average molecular weight is 361 g/mol. The molecule has 0 radical (unpaired) electrons. The minimum atomic E-state index is -0.0406. The number of amides is 2. The summed E-state index contributed by atoms with van der Waals surface area (Å²) >= 11 is 3.49. The van der Waals surface area contributed by atoms with Crippen LogP contribution in [0.25, 0.3) is 0 Å². The molecule has 0 spiro atoms. The van der Waals surface area contributed by atoms with Crippen molar-refractivity contribution in [2.45, 2.75) is 12.8 Å². The molecule has 0 bridgehead atoms. The lowest BCUT2D eigenvalue weighted by Crippen LogP contribution is -2.32. The lowest BCUT2D eigenvalue weighted by molar-refractivity contribution is 0.222. The summed E-state index contributed by atoms with van der Waals surface area (Å²) in [5.41, 5.74) is 0.754. The zero-order valence-electron chi connectivity index (χ0n) is 12.1. The minimum absolute atomic E-state index is 0.0406. The molecule has 22 heavy (non-hydrogen) atoms. The number of anilines is 1. The Labute approximate surface area is 138 Å². The Hall–Kier alpha value is -2.01. The minimum Gasteiger partial charge on any atom is -0.456 e. The van der Waals surface area contributed by atoms with Crippen LogP contribution in [0.15, 0.2) is 53.0 Å². The van der Waals surface area contributed by atoms with Gasteiger partial charge in [-0.3, -0.25) is 0 Å². The fourth-order valence-corrected chi connectivity index (χ4v) is 2.86. The first kappa shape index (κ1) is 14.9. The highest BCUT2D eigenvalue weighted by molar-refractivity contribution is 9.10. The third-order valence-corrected chi connectivity index (χ3v) is 4.17. The average Bonchev–Trinajstić information content (AvgIpc) is 3.05. The number of ether oxygens (including phenoxy) is 1. The summed E-state index contributed by atoms with van der Waals surface area (Å²) in [6.07, 6.45) is 2.17. The second-order valence-electron chi connectivity index (χ2n) is 5.18. The molecule has 1 aliphatic rings. The van der Waals surface area contributed by atoms with Gasteiger partial charge in [0.1, 0.15) is 11.5 Å². The van der Waals surface area contributed by atoms with E-state index >= 15 is 0 Å². The van der Waals surface area contributed by atoms with Gasteiger partial charge in [-0.05, 0) is 59.1 Å². The number of likely N-dealkylation sites (tertiary alicyclic amines) is 1. The first-order valence-electron chi connectivity index (χ1n) is 7.31. The number of para-hydroxylation sites is 1. The molecule has 2 aromatic rings. The van der Waals surface area contributed by atoms with Gasteiger partial charge in [-0.2, -0.15) is 0 Å². The molecule has 1 heterocycles. The van der Waals surface area contributed by atoms with Crippen molar-refractivity contribution in [3.8, 4) is 11.5 Å². The number of nitrogens with zero attached hydrogens (tertiary/aromatic N) is 1. The van der Waals surface area contributed by atoms with E-state index in [1.807, 2.05) is 53.4 Å². The van der Waals surface area contributed by atoms with E-state index < -0.39 is 0 Å². The maximum absolute atomic E-state index is 12.1. The Kier molecular flexibility index (Phi) is 4.63. The van der Waals surface area contributed by atoms with Crippen LogP contribution in [0.5, 0.6) is 11.5 Å². The number of hydrogen-bond acceptors (Lipinski definition) is 2. The van der Waals surface area contributed by atoms with E-state index in [0.29, 0.717) is 5.75 Å². The number of halogens is 1.